The number of halogens is 2. The van der Waals surface area contributed by atoms with Gasteiger partial charge in [0.2, 0.25) is 0 Å². The number of rotatable bonds is 15. The zero-order chi connectivity index (χ0) is 29.1. The van der Waals surface area contributed by atoms with Gasteiger partial charge in [-0.1, -0.05) is 132 Å². The van der Waals surface area contributed by atoms with Gasteiger partial charge in [0.25, 0.3) is 0 Å². The quantitative estimate of drug-likeness (QED) is 0.130. The lowest BCUT2D eigenvalue weighted by atomic mass is 10.0. The number of aryl methyl sites for hydroxylation is 2. The first kappa shape index (κ1) is 32.2. The number of benzene rings is 3. The summed E-state index contributed by atoms with van der Waals surface area (Å²) >= 11 is 0. The zero-order valence-corrected chi connectivity index (χ0v) is 25.1. The van der Waals surface area contributed by atoms with Crippen LogP contribution in [0.15, 0.2) is 60.7 Å². The van der Waals surface area contributed by atoms with Crippen LogP contribution in [0.4, 0.5) is 8.78 Å². The molecule has 0 unspecified atom stereocenters. The van der Waals surface area contributed by atoms with Crippen LogP contribution in [0.1, 0.15) is 131 Å². The highest BCUT2D eigenvalue weighted by Gasteiger charge is 2.07. The fraction of sp³-hybridized carbons (Fsp3) is 0.436. The highest BCUT2D eigenvalue weighted by molar-refractivity contribution is 5.49. The van der Waals surface area contributed by atoms with E-state index in [1.165, 1.54) is 94.6 Å². The summed E-state index contributed by atoms with van der Waals surface area (Å²) in [5, 5.41) is 0. The Hall–Kier alpha value is -3.36. The molecule has 0 aliphatic carbocycles. The van der Waals surface area contributed by atoms with Crippen molar-refractivity contribution in [3.63, 3.8) is 0 Å². The van der Waals surface area contributed by atoms with Crippen molar-refractivity contribution in [2.24, 2.45) is 0 Å². The van der Waals surface area contributed by atoms with E-state index in [4.69, 9.17) is 0 Å². The second-order valence-electron chi connectivity index (χ2n) is 11.1. The van der Waals surface area contributed by atoms with Gasteiger partial charge in [0.1, 0.15) is 11.6 Å². The molecule has 216 valence electrons. The minimum Gasteiger partial charge on any atom is -0.206 e. The number of unbranched alkanes of at least 4 members (excludes halogenated alkanes) is 11. The third-order valence-electron chi connectivity index (χ3n) is 7.54. The zero-order valence-electron chi connectivity index (χ0n) is 25.1. The fourth-order valence-corrected chi connectivity index (χ4v) is 4.92. The molecule has 0 radical (unpaired) electrons. The Morgan fingerprint density at radius 3 is 1.15 bits per heavy atom. The van der Waals surface area contributed by atoms with Crippen molar-refractivity contribution in [3.05, 3.63) is 106 Å². The van der Waals surface area contributed by atoms with E-state index >= 15 is 0 Å². The summed E-state index contributed by atoms with van der Waals surface area (Å²) in [6.07, 6.45) is 18.9. The topological polar surface area (TPSA) is 0 Å². The first-order valence-electron chi connectivity index (χ1n) is 15.8. The van der Waals surface area contributed by atoms with Crippen LogP contribution in [0.5, 0.6) is 0 Å². The van der Waals surface area contributed by atoms with Crippen molar-refractivity contribution >= 4 is 0 Å². The Morgan fingerprint density at radius 1 is 0.439 bits per heavy atom. The molecule has 0 aliphatic rings. The summed E-state index contributed by atoms with van der Waals surface area (Å²) in [4.78, 5) is 0. The molecule has 0 N–H and O–H groups in total. The van der Waals surface area contributed by atoms with Gasteiger partial charge in [-0.15, -0.1) is 0 Å². The maximum atomic E-state index is 14.7. The van der Waals surface area contributed by atoms with Gasteiger partial charge >= 0.3 is 0 Å². The molecule has 0 saturated carbocycles. The van der Waals surface area contributed by atoms with Gasteiger partial charge in [0.05, 0.1) is 11.1 Å². The molecular weight excluding hydrogens is 506 g/mol. The predicted molar refractivity (Wildman–Crippen MR) is 170 cm³/mol. The van der Waals surface area contributed by atoms with Crippen LogP contribution in [0, 0.1) is 35.3 Å². The van der Waals surface area contributed by atoms with E-state index in [0.29, 0.717) is 0 Å². The molecule has 3 aromatic carbocycles. The summed E-state index contributed by atoms with van der Waals surface area (Å²) in [5.74, 6) is 10.4. The maximum absolute atomic E-state index is 14.7. The molecule has 0 atom stereocenters. The Labute approximate surface area is 248 Å². The van der Waals surface area contributed by atoms with Crippen LogP contribution >= 0.6 is 0 Å². The van der Waals surface area contributed by atoms with Crippen molar-refractivity contribution < 1.29 is 8.78 Å². The van der Waals surface area contributed by atoms with E-state index < -0.39 is 11.6 Å². The smallest absolute Gasteiger partial charge is 0.140 e. The number of hydrogen-bond donors (Lipinski definition) is 0. The van der Waals surface area contributed by atoms with Gasteiger partial charge in [-0.2, -0.15) is 0 Å². The number of hydrogen-bond acceptors (Lipinski definition) is 0. The van der Waals surface area contributed by atoms with E-state index in [0.717, 1.165) is 36.1 Å². The Bertz CT molecular complexity index is 1290. The highest BCUT2D eigenvalue weighted by atomic mass is 19.1. The lowest BCUT2D eigenvalue weighted by Crippen LogP contribution is -1.92. The molecule has 3 rings (SSSR count). The molecule has 3 aromatic rings. The van der Waals surface area contributed by atoms with Gasteiger partial charge in [-0.25, -0.2) is 8.78 Å². The van der Waals surface area contributed by atoms with Crippen LogP contribution in [-0.2, 0) is 12.8 Å². The van der Waals surface area contributed by atoms with E-state index in [1.54, 1.807) is 0 Å². The van der Waals surface area contributed by atoms with Gasteiger partial charge in [0.15, 0.2) is 0 Å². The molecule has 41 heavy (non-hydrogen) atoms. The average Bonchev–Trinajstić information content (AvgIpc) is 2.99. The lowest BCUT2D eigenvalue weighted by molar-refractivity contribution is 0.575. The van der Waals surface area contributed by atoms with E-state index in [2.05, 4.69) is 61.8 Å². The molecule has 0 heterocycles. The fourth-order valence-electron chi connectivity index (χ4n) is 4.92. The van der Waals surface area contributed by atoms with Crippen molar-refractivity contribution in [1.29, 1.82) is 0 Å². The van der Waals surface area contributed by atoms with Crippen LogP contribution in [0.2, 0.25) is 0 Å². The van der Waals surface area contributed by atoms with Crippen LogP contribution in [0.25, 0.3) is 0 Å². The molecule has 0 amide bonds. The average molecular weight is 553 g/mol. The summed E-state index contributed by atoms with van der Waals surface area (Å²) in [7, 11) is 0. The van der Waals surface area contributed by atoms with Crippen molar-refractivity contribution in [2.75, 3.05) is 0 Å². The normalized spacial score (nSPS) is 10.5. The van der Waals surface area contributed by atoms with Crippen LogP contribution < -0.4 is 0 Å². The predicted octanol–water partition coefficient (Wildman–Crippen LogP) is 11.0. The molecular formula is C39H46F2. The SMILES string of the molecule is CCCCCCCCCCc1ccc(C#Cc2cc(F)c(C#Cc3ccc(CCCCCCC)cc3)cc2F)cc1. The first-order valence-corrected chi connectivity index (χ1v) is 15.8. The molecule has 2 heteroatoms. The van der Waals surface area contributed by atoms with Gasteiger partial charge in [0, 0.05) is 11.1 Å². The molecule has 0 bridgehead atoms. The minimum absolute atomic E-state index is 0.0402. The van der Waals surface area contributed by atoms with Gasteiger partial charge in [-0.05, 0) is 73.2 Å². The molecule has 0 spiro atoms. The van der Waals surface area contributed by atoms with Gasteiger partial charge in [-0.3, -0.25) is 0 Å². The molecule has 0 fully saturated rings. The largest absolute Gasteiger partial charge is 0.206 e. The Kier molecular flexibility index (Phi) is 14.8. The van der Waals surface area contributed by atoms with Crippen molar-refractivity contribution in [3.8, 4) is 23.7 Å². The molecule has 0 nitrogen and oxygen atoms in total. The summed E-state index contributed by atoms with van der Waals surface area (Å²) in [6.45, 7) is 4.47. The Balaban J connectivity index is 1.50. The lowest BCUT2D eigenvalue weighted by Gasteiger charge is -2.03. The third kappa shape index (κ3) is 12.4. The Morgan fingerprint density at radius 2 is 0.780 bits per heavy atom. The second-order valence-corrected chi connectivity index (χ2v) is 11.1. The molecule has 0 aromatic heterocycles. The van der Waals surface area contributed by atoms with Crippen molar-refractivity contribution in [2.45, 2.75) is 110 Å². The van der Waals surface area contributed by atoms with E-state index in [9.17, 15) is 8.78 Å². The molecule has 0 aliphatic heterocycles. The summed E-state index contributed by atoms with van der Waals surface area (Å²) < 4.78 is 29.4. The van der Waals surface area contributed by atoms with E-state index in [1.807, 2.05) is 24.3 Å². The highest BCUT2D eigenvalue weighted by Crippen LogP contribution is 2.16. The minimum atomic E-state index is -0.562. The first-order chi connectivity index (χ1) is 20.1. The van der Waals surface area contributed by atoms with Crippen LogP contribution in [0.3, 0.4) is 0 Å². The standard InChI is InChI=1S/C39H46F2/c1-3-5-7-9-10-11-13-15-17-33-20-24-35(25-21-33)27-29-37-31-38(40)36(30-39(37)41)28-26-34-22-18-32(19-23-34)16-14-12-8-6-4-2/h18-25,30-31H,3-17H2,1-2H3. The van der Waals surface area contributed by atoms with Gasteiger partial charge < -0.3 is 0 Å². The molecule has 0 saturated heterocycles. The van der Waals surface area contributed by atoms with E-state index in [-0.39, 0.29) is 11.1 Å². The maximum Gasteiger partial charge on any atom is 0.140 e. The second kappa shape index (κ2) is 18.9. The summed E-state index contributed by atoms with van der Waals surface area (Å²) in [6, 6.07) is 18.4. The summed E-state index contributed by atoms with van der Waals surface area (Å²) in [5.41, 5.74) is 4.23. The van der Waals surface area contributed by atoms with Crippen LogP contribution in [-0.4, -0.2) is 0 Å². The third-order valence-corrected chi connectivity index (χ3v) is 7.54. The monoisotopic (exact) mass is 552 g/mol. The van der Waals surface area contributed by atoms with Crippen molar-refractivity contribution in [1.82, 2.24) is 0 Å².